The summed E-state index contributed by atoms with van der Waals surface area (Å²) in [5.41, 5.74) is 4.05. The second-order valence-electron chi connectivity index (χ2n) is 8.14. The van der Waals surface area contributed by atoms with Gasteiger partial charge in [-0.1, -0.05) is 77.4 Å². The lowest BCUT2D eigenvalue weighted by Gasteiger charge is -2.33. The molecule has 3 aromatic carbocycles. The number of halogens is 1. The first kappa shape index (κ1) is 21.1. The van der Waals surface area contributed by atoms with Crippen LogP contribution in [0.4, 0.5) is 5.69 Å². The number of benzene rings is 3. The molecule has 0 aliphatic heterocycles. The van der Waals surface area contributed by atoms with Crippen LogP contribution in [0.15, 0.2) is 77.3 Å². The van der Waals surface area contributed by atoms with Gasteiger partial charge in [0.2, 0.25) is 5.76 Å². The molecule has 0 saturated carbocycles. The number of fused-ring (bicyclic) bond motifs is 2. The van der Waals surface area contributed by atoms with Gasteiger partial charge in [0.15, 0.2) is 11.5 Å². The molecular formula is C26H19ClN2O4. The largest absolute Gasteiger partial charge is 0.354 e. The van der Waals surface area contributed by atoms with Gasteiger partial charge >= 0.3 is 5.69 Å². The molecule has 0 amide bonds. The Morgan fingerprint density at radius 1 is 1.03 bits per heavy atom. The molecule has 0 radical (unpaired) electrons. The van der Waals surface area contributed by atoms with Crippen molar-refractivity contribution in [2.24, 2.45) is 0 Å². The van der Waals surface area contributed by atoms with Crippen molar-refractivity contribution >= 4 is 23.1 Å². The van der Waals surface area contributed by atoms with Gasteiger partial charge in [0, 0.05) is 34.4 Å². The van der Waals surface area contributed by atoms with Crippen LogP contribution < -0.4 is 0 Å². The molecule has 5 rings (SSSR count). The van der Waals surface area contributed by atoms with Crippen molar-refractivity contribution in [3.05, 3.63) is 127 Å². The number of nitrogens with zero attached hydrogens (tertiary/aromatic N) is 2. The van der Waals surface area contributed by atoms with Crippen molar-refractivity contribution < 1.29 is 14.2 Å². The number of hydrogen-bond acceptors (Lipinski definition) is 5. The van der Waals surface area contributed by atoms with Crippen LogP contribution in [0, 0.1) is 17.0 Å². The maximum atomic E-state index is 13.2. The Morgan fingerprint density at radius 2 is 1.67 bits per heavy atom. The highest BCUT2D eigenvalue weighted by molar-refractivity contribution is 6.30. The number of aryl methyl sites for hydroxylation is 1. The van der Waals surface area contributed by atoms with Gasteiger partial charge in [-0.2, -0.15) is 0 Å². The molecule has 4 aromatic rings. The third-order valence-corrected chi connectivity index (χ3v) is 6.48. The van der Waals surface area contributed by atoms with E-state index < -0.39 is 4.92 Å². The molecule has 6 nitrogen and oxygen atoms in total. The zero-order valence-corrected chi connectivity index (χ0v) is 18.5. The molecule has 0 bridgehead atoms. The molecule has 1 aliphatic carbocycles. The van der Waals surface area contributed by atoms with Gasteiger partial charge in [0.1, 0.15) is 0 Å². The summed E-state index contributed by atoms with van der Waals surface area (Å²) in [4.78, 5) is 24.5. The molecule has 1 aliphatic rings. The van der Waals surface area contributed by atoms with Crippen molar-refractivity contribution in [3.63, 3.8) is 0 Å². The number of nitro groups is 1. The lowest BCUT2D eigenvalue weighted by molar-refractivity contribution is -0.386. The van der Waals surface area contributed by atoms with E-state index in [1.807, 2.05) is 66.7 Å². The Bertz CT molecular complexity index is 1350. The number of rotatable bonds is 5. The minimum absolute atomic E-state index is 0.0243. The minimum Gasteiger partial charge on any atom is -0.354 e. The predicted molar refractivity (Wildman–Crippen MR) is 124 cm³/mol. The van der Waals surface area contributed by atoms with Crippen molar-refractivity contribution in [3.8, 4) is 0 Å². The van der Waals surface area contributed by atoms with Crippen molar-refractivity contribution in [1.29, 1.82) is 0 Å². The van der Waals surface area contributed by atoms with E-state index in [1.54, 1.807) is 13.0 Å². The van der Waals surface area contributed by atoms with Crippen molar-refractivity contribution in [2.45, 2.75) is 25.2 Å². The van der Waals surface area contributed by atoms with Gasteiger partial charge in [-0.05, 0) is 35.7 Å². The zero-order valence-electron chi connectivity index (χ0n) is 17.7. The standard InChI is InChI=1S/C26H19ClN2O4/c1-15-25(29(31)32)23(33-28-15)14-22(16-7-6-8-17(27)13-16)24-18-9-2-4-11-20(18)26(30)21-12-5-3-10-19(21)24/h2-13,22,24H,14H2,1H3. The Kier molecular flexibility index (Phi) is 5.30. The number of hydrogen-bond donors (Lipinski definition) is 0. The highest BCUT2D eigenvalue weighted by Crippen LogP contribution is 2.47. The van der Waals surface area contributed by atoms with Crippen LogP contribution in [0.1, 0.15) is 55.9 Å². The number of carbonyl (C=O) groups is 1. The molecule has 0 fully saturated rings. The van der Waals surface area contributed by atoms with Crippen molar-refractivity contribution in [1.82, 2.24) is 5.16 Å². The molecule has 1 aromatic heterocycles. The summed E-state index contributed by atoms with van der Waals surface area (Å²) in [6.45, 7) is 1.56. The van der Waals surface area contributed by atoms with Gasteiger partial charge < -0.3 is 4.52 Å². The van der Waals surface area contributed by atoms with Crippen LogP contribution in [-0.2, 0) is 6.42 Å². The molecule has 1 atom stereocenters. The maximum absolute atomic E-state index is 13.2. The van der Waals surface area contributed by atoms with Gasteiger partial charge in [-0.25, -0.2) is 0 Å². The lowest BCUT2D eigenvalue weighted by Crippen LogP contribution is -2.25. The molecule has 0 spiro atoms. The van der Waals surface area contributed by atoms with Gasteiger partial charge in [0.25, 0.3) is 0 Å². The zero-order chi connectivity index (χ0) is 23.1. The molecule has 1 heterocycles. The second kappa shape index (κ2) is 8.30. The van der Waals surface area contributed by atoms with Crippen LogP contribution in [0.3, 0.4) is 0 Å². The van der Waals surface area contributed by atoms with Crippen LogP contribution >= 0.6 is 11.6 Å². The first-order valence-electron chi connectivity index (χ1n) is 10.5. The van der Waals surface area contributed by atoms with E-state index in [1.165, 1.54) is 0 Å². The van der Waals surface area contributed by atoms with Gasteiger partial charge in [-0.3, -0.25) is 14.9 Å². The van der Waals surface area contributed by atoms with E-state index in [9.17, 15) is 14.9 Å². The third kappa shape index (κ3) is 3.62. The van der Waals surface area contributed by atoms with Gasteiger partial charge in [-0.15, -0.1) is 0 Å². The Balaban J connectivity index is 1.74. The number of carbonyl (C=O) groups excluding carboxylic acids is 1. The molecule has 1 unspecified atom stereocenters. The summed E-state index contributed by atoms with van der Waals surface area (Å²) in [7, 11) is 0. The van der Waals surface area contributed by atoms with Crippen LogP contribution in [0.5, 0.6) is 0 Å². The highest BCUT2D eigenvalue weighted by Gasteiger charge is 2.38. The highest BCUT2D eigenvalue weighted by atomic mass is 35.5. The lowest BCUT2D eigenvalue weighted by atomic mass is 9.68. The number of aromatic nitrogens is 1. The average Bonchev–Trinajstić information content (AvgIpc) is 3.19. The summed E-state index contributed by atoms with van der Waals surface area (Å²) in [6, 6.07) is 22.5. The molecule has 164 valence electrons. The van der Waals surface area contributed by atoms with E-state index >= 15 is 0 Å². The quantitative estimate of drug-likeness (QED) is 0.260. The topological polar surface area (TPSA) is 86.2 Å². The fourth-order valence-corrected chi connectivity index (χ4v) is 5.04. The second-order valence-corrected chi connectivity index (χ2v) is 8.58. The van der Waals surface area contributed by atoms with E-state index in [0.29, 0.717) is 16.1 Å². The Labute approximate surface area is 195 Å². The Hall–Kier alpha value is -3.77. The van der Waals surface area contributed by atoms with Gasteiger partial charge in [0.05, 0.1) is 4.92 Å². The summed E-state index contributed by atoms with van der Waals surface area (Å²) >= 11 is 6.34. The van der Waals surface area contributed by atoms with E-state index in [0.717, 1.165) is 16.7 Å². The molecule has 33 heavy (non-hydrogen) atoms. The normalized spacial score (nSPS) is 13.9. The maximum Gasteiger partial charge on any atom is 0.334 e. The Morgan fingerprint density at radius 3 is 2.27 bits per heavy atom. The summed E-state index contributed by atoms with van der Waals surface area (Å²) < 4.78 is 5.44. The first-order valence-corrected chi connectivity index (χ1v) is 10.9. The summed E-state index contributed by atoms with van der Waals surface area (Å²) in [5.74, 6) is -0.346. The van der Waals surface area contributed by atoms with E-state index in [2.05, 4.69) is 5.16 Å². The van der Waals surface area contributed by atoms with Crippen molar-refractivity contribution in [2.75, 3.05) is 0 Å². The fraction of sp³-hybridized carbons (Fsp3) is 0.154. The van der Waals surface area contributed by atoms with Crippen LogP contribution in [0.2, 0.25) is 5.02 Å². The van der Waals surface area contributed by atoms with E-state index in [-0.39, 0.29) is 41.2 Å². The van der Waals surface area contributed by atoms with Crippen LogP contribution in [-0.4, -0.2) is 15.9 Å². The molecular weight excluding hydrogens is 440 g/mol. The molecule has 0 N–H and O–H groups in total. The smallest absolute Gasteiger partial charge is 0.334 e. The number of ketones is 1. The fourth-order valence-electron chi connectivity index (χ4n) is 4.84. The first-order chi connectivity index (χ1) is 16.0. The van der Waals surface area contributed by atoms with E-state index in [4.69, 9.17) is 16.1 Å². The average molecular weight is 459 g/mol. The summed E-state index contributed by atoms with van der Waals surface area (Å²) in [5, 5.41) is 16.1. The molecule has 0 saturated heterocycles. The van der Waals surface area contributed by atoms with Crippen LogP contribution in [0.25, 0.3) is 0 Å². The predicted octanol–water partition coefficient (Wildman–Crippen LogP) is 6.25. The minimum atomic E-state index is -0.456. The molecule has 7 heteroatoms. The SMILES string of the molecule is Cc1noc(CC(c2cccc(Cl)c2)C2c3ccccc3C(=O)c3ccccc32)c1[N+](=O)[O-]. The monoisotopic (exact) mass is 458 g/mol. The summed E-state index contributed by atoms with van der Waals surface area (Å²) in [6.07, 6.45) is 0.221. The third-order valence-electron chi connectivity index (χ3n) is 6.25.